The maximum Gasteiger partial charge on any atom is 0.338 e. The first-order valence-electron chi connectivity index (χ1n) is 8.88. The number of anilines is 1. The van der Waals surface area contributed by atoms with Gasteiger partial charge in [0.15, 0.2) is 0 Å². The number of unbranched alkanes of at least 4 members (excludes halogenated alkanes) is 1. The van der Waals surface area contributed by atoms with E-state index >= 15 is 0 Å². The van der Waals surface area contributed by atoms with Crippen molar-refractivity contribution in [2.75, 3.05) is 25.3 Å². The number of nitrogens with one attached hydrogen (secondary N) is 1. The van der Waals surface area contributed by atoms with Crippen LogP contribution in [0.4, 0.5) is 5.95 Å². The van der Waals surface area contributed by atoms with Gasteiger partial charge in [-0.3, -0.25) is 0 Å². The molecule has 3 rings (SSSR count). The first-order chi connectivity index (χ1) is 13.1. The number of benzene rings is 1. The maximum atomic E-state index is 12.5. The van der Waals surface area contributed by atoms with Gasteiger partial charge in [0, 0.05) is 11.4 Å². The van der Waals surface area contributed by atoms with E-state index in [1.165, 1.54) is 7.11 Å². The summed E-state index contributed by atoms with van der Waals surface area (Å²) in [6, 6.07) is 7.18. The molecule has 0 bridgehead atoms. The molecule has 0 saturated heterocycles. The van der Waals surface area contributed by atoms with Gasteiger partial charge in [0.1, 0.15) is 11.8 Å². The molecule has 1 aliphatic rings. The lowest BCUT2D eigenvalue weighted by atomic mass is 9.95. The van der Waals surface area contributed by atoms with E-state index in [0.29, 0.717) is 28.1 Å². The van der Waals surface area contributed by atoms with E-state index in [4.69, 9.17) is 9.47 Å². The number of allylic oxidation sites excluding steroid dienone is 1. The van der Waals surface area contributed by atoms with Crippen molar-refractivity contribution in [2.45, 2.75) is 37.9 Å². The number of fused-ring (bicyclic) bond motifs is 1. The van der Waals surface area contributed by atoms with Gasteiger partial charge in [0.25, 0.3) is 0 Å². The molecule has 1 aromatic carbocycles. The Morgan fingerprint density at radius 2 is 2.19 bits per heavy atom. The summed E-state index contributed by atoms with van der Waals surface area (Å²) in [6.07, 6.45) is 2.23. The molecule has 2 heterocycles. The van der Waals surface area contributed by atoms with Crippen LogP contribution in [-0.2, 0) is 9.53 Å². The van der Waals surface area contributed by atoms with Crippen LogP contribution in [0.2, 0.25) is 0 Å². The molecule has 1 unspecified atom stereocenters. The van der Waals surface area contributed by atoms with Gasteiger partial charge in [0.2, 0.25) is 11.1 Å². The van der Waals surface area contributed by atoms with Crippen molar-refractivity contribution in [1.29, 1.82) is 0 Å². The second-order valence-corrected chi connectivity index (χ2v) is 7.26. The van der Waals surface area contributed by atoms with Crippen LogP contribution in [-0.4, -0.2) is 40.7 Å². The highest BCUT2D eigenvalue weighted by Gasteiger charge is 2.35. The van der Waals surface area contributed by atoms with Gasteiger partial charge in [-0.15, -0.1) is 5.10 Å². The molecular formula is C19H24N4O3S. The Morgan fingerprint density at radius 1 is 1.37 bits per heavy atom. The summed E-state index contributed by atoms with van der Waals surface area (Å²) in [5.41, 5.74) is 2.10. The Bertz CT molecular complexity index is 862. The van der Waals surface area contributed by atoms with Gasteiger partial charge in [-0.1, -0.05) is 37.2 Å². The molecule has 0 amide bonds. The number of ether oxygens (including phenoxy) is 2. The minimum atomic E-state index is -0.433. The van der Waals surface area contributed by atoms with E-state index in [1.807, 2.05) is 31.2 Å². The Balaban J connectivity index is 2.06. The first-order valence-corrected chi connectivity index (χ1v) is 9.87. The van der Waals surface area contributed by atoms with Gasteiger partial charge in [-0.25, -0.2) is 9.48 Å². The smallest absolute Gasteiger partial charge is 0.338 e. The van der Waals surface area contributed by atoms with Crippen molar-refractivity contribution >= 4 is 23.7 Å². The molecule has 27 heavy (non-hydrogen) atoms. The van der Waals surface area contributed by atoms with E-state index in [-0.39, 0.29) is 0 Å². The van der Waals surface area contributed by atoms with Crippen LogP contribution in [0.1, 0.15) is 38.3 Å². The highest BCUT2D eigenvalue weighted by Crippen LogP contribution is 2.37. The lowest BCUT2D eigenvalue weighted by Crippen LogP contribution is -2.29. The van der Waals surface area contributed by atoms with E-state index in [0.717, 1.165) is 24.2 Å². The number of carbonyl (C=O) groups excluding carboxylic acids is 1. The Labute approximate surface area is 163 Å². The molecule has 1 atom stereocenters. The summed E-state index contributed by atoms with van der Waals surface area (Å²) in [4.78, 5) is 17.1. The summed E-state index contributed by atoms with van der Waals surface area (Å²) in [7, 11) is 3.00. The molecule has 0 spiro atoms. The summed E-state index contributed by atoms with van der Waals surface area (Å²) >= 11 is 1.62. The van der Waals surface area contributed by atoms with E-state index < -0.39 is 12.0 Å². The summed E-state index contributed by atoms with van der Waals surface area (Å²) in [6.45, 7) is 4.00. The molecule has 144 valence electrons. The standard InChI is InChI=1S/C19H24N4O3S/c1-5-6-10-27-19-21-18-20-12(2)15(17(24)26-4)16(23(18)22-19)13-8-7-9-14(11-13)25-3/h7-9,11,16H,5-6,10H2,1-4H3,(H,20,21,22). The number of carbonyl (C=O) groups is 1. The third kappa shape index (κ3) is 3.95. The van der Waals surface area contributed by atoms with Gasteiger partial charge >= 0.3 is 5.97 Å². The normalized spacial score (nSPS) is 15.9. The third-order valence-corrected chi connectivity index (χ3v) is 5.30. The topological polar surface area (TPSA) is 78.3 Å². The van der Waals surface area contributed by atoms with Gasteiger partial charge < -0.3 is 14.8 Å². The van der Waals surface area contributed by atoms with Crippen molar-refractivity contribution in [3.8, 4) is 5.75 Å². The number of nitrogens with zero attached hydrogens (tertiary/aromatic N) is 3. The second-order valence-electron chi connectivity index (χ2n) is 6.20. The predicted molar refractivity (Wildman–Crippen MR) is 105 cm³/mol. The molecule has 0 aliphatic carbocycles. The lowest BCUT2D eigenvalue weighted by molar-refractivity contribution is -0.136. The number of rotatable bonds is 7. The van der Waals surface area contributed by atoms with Crippen molar-refractivity contribution in [1.82, 2.24) is 14.8 Å². The highest BCUT2D eigenvalue weighted by molar-refractivity contribution is 7.99. The van der Waals surface area contributed by atoms with E-state index in [1.54, 1.807) is 23.6 Å². The molecule has 8 heteroatoms. The highest BCUT2D eigenvalue weighted by atomic mass is 32.2. The fraction of sp³-hybridized carbons (Fsp3) is 0.421. The number of hydrogen-bond acceptors (Lipinski definition) is 7. The molecule has 2 aromatic rings. The monoisotopic (exact) mass is 388 g/mol. The summed E-state index contributed by atoms with van der Waals surface area (Å²) in [5, 5.41) is 8.54. The molecule has 1 aromatic heterocycles. The zero-order valence-electron chi connectivity index (χ0n) is 16.0. The first kappa shape index (κ1) is 19.3. The Kier molecular flexibility index (Phi) is 6.05. The lowest BCUT2D eigenvalue weighted by Gasteiger charge is -2.28. The average Bonchev–Trinajstić information content (AvgIpc) is 3.08. The zero-order valence-corrected chi connectivity index (χ0v) is 16.8. The fourth-order valence-corrected chi connectivity index (χ4v) is 3.91. The maximum absolute atomic E-state index is 12.5. The van der Waals surface area contributed by atoms with Crippen LogP contribution >= 0.6 is 11.8 Å². The van der Waals surface area contributed by atoms with Gasteiger partial charge in [0.05, 0.1) is 19.8 Å². The molecule has 0 fully saturated rings. The molecule has 1 aliphatic heterocycles. The van der Waals surface area contributed by atoms with Crippen molar-refractivity contribution < 1.29 is 14.3 Å². The fourth-order valence-electron chi connectivity index (χ4n) is 2.99. The van der Waals surface area contributed by atoms with E-state index in [2.05, 4.69) is 22.3 Å². The predicted octanol–water partition coefficient (Wildman–Crippen LogP) is 3.64. The number of aromatic nitrogens is 3. The Morgan fingerprint density at radius 3 is 2.89 bits per heavy atom. The number of methoxy groups -OCH3 is 2. The van der Waals surface area contributed by atoms with Crippen LogP contribution < -0.4 is 10.1 Å². The van der Waals surface area contributed by atoms with Crippen LogP contribution in [0, 0.1) is 0 Å². The zero-order chi connectivity index (χ0) is 19.4. The van der Waals surface area contributed by atoms with Gasteiger partial charge in [-0.05, 0) is 31.0 Å². The van der Waals surface area contributed by atoms with E-state index in [9.17, 15) is 4.79 Å². The third-order valence-electron chi connectivity index (χ3n) is 4.38. The number of esters is 1. The van der Waals surface area contributed by atoms with Crippen molar-refractivity contribution in [3.05, 3.63) is 41.1 Å². The molecule has 0 radical (unpaired) electrons. The van der Waals surface area contributed by atoms with Crippen LogP contribution in [0.5, 0.6) is 5.75 Å². The average molecular weight is 388 g/mol. The van der Waals surface area contributed by atoms with Crippen molar-refractivity contribution in [2.24, 2.45) is 0 Å². The van der Waals surface area contributed by atoms with Crippen LogP contribution in [0.25, 0.3) is 0 Å². The van der Waals surface area contributed by atoms with Crippen molar-refractivity contribution in [3.63, 3.8) is 0 Å². The second kappa shape index (κ2) is 8.47. The largest absolute Gasteiger partial charge is 0.497 e. The number of hydrogen-bond donors (Lipinski definition) is 1. The summed E-state index contributed by atoms with van der Waals surface area (Å²) in [5.74, 6) is 1.90. The van der Waals surface area contributed by atoms with Gasteiger partial charge in [-0.2, -0.15) is 4.98 Å². The number of thioether (sulfide) groups is 1. The molecule has 1 N–H and O–H groups in total. The summed E-state index contributed by atoms with van der Waals surface area (Å²) < 4.78 is 12.1. The molecular weight excluding hydrogens is 364 g/mol. The van der Waals surface area contributed by atoms with Crippen LogP contribution in [0.3, 0.4) is 0 Å². The van der Waals surface area contributed by atoms with Crippen LogP contribution in [0.15, 0.2) is 40.7 Å². The molecule has 0 saturated carbocycles. The quantitative estimate of drug-likeness (QED) is 0.441. The SMILES string of the molecule is CCCCSc1nc2n(n1)C(c1cccc(OC)c1)C(C(=O)OC)=C(C)N2. The Hall–Kier alpha value is -2.48. The minimum Gasteiger partial charge on any atom is -0.497 e. The molecule has 7 nitrogen and oxygen atoms in total. The minimum absolute atomic E-state index is 0.394.